The molecule has 1 aromatic carbocycles. The number of aryl methyl sites for hydroxylation is 2. The van der Waals surface area contributed by atoms with Crippen LogP contribution in [0.5, 0.6) is 0 Å². The third-order valence-electron chi connectivity index (χ3n) is 3.18. The summed E-state index contributed by atoms with van der Waals surface area (Å²) >= 11 is 8.00. The van der Waals surface area contributed by atoms with Crippen molar-refractivity contribution in [1.82, 2.24) is 5.43 Å². The molecule has 0 radical (unpaired) electrons. The SMILES string of the molecule is CCCc1cccc(C(NN)c2scc(C)c2Cl)c1. The van der Waals surface area contributed by atoms with Crippen LogP contribution < -0.4 is 11.3 Å². The highest BCUT2D eigenvalue weighted by molar-refractivity contribution is 7.10. The molecule has 1 aromatic heterocycles. The molecule has 0 fully saturated rings. The average molecular weight is 295 g/mol. The lowest BCUT2D eigenvalue weighted by atomic mass is 10.0. The van der Waals surface area contributed by atoms with Crippen LogP contribution in [0.1, 0.15) is 41.0 Å². The number of halogens is 1. The van der Waals surface area contributed by atoms with Gasteiger partial charge in [0.1, 0.15) is 0 Å². The maximum Gasteiger partial charge on any atom is 0.0817 e. The molecule has 2 aromatic rings. The maximum absolute atomic E-state index is 6.35. The van der Waals surface area contributed by atoms with Crippen LogP contribution in [0.25, 0.3) is 0 Å². The fourth-order valence-corrected chi connectivity index (χ4v) is 3.57. The molecule has 0 aliphatic rings. The highest BCUT2D eigenvalue weighted by Crippen LogP contribution is 2.35. The number of hydrazine groups is 1. The minimum Gasteiger partial charge on any atom is -0.271 e. The first-order chi connectivity index (χ1) is 9.17. The van der Waals surface area contributed by atoms with E-state index in [-0.39, 0.29) is 6.04 Å². The van der Waals surface area contributed by atoms with E-state index in [0.29, 0.717) is 0 Å². The van der Waals surface area contributed by atoms with E-state index in [4.69, 9.17) is 17.4 Å². The van der Waals surface area contributed by atoms with E-state index < -0.39 is 0 Å². The van der Waals surface area contributed by atoms with Crippen molar-refractivity contribution in [3.8, 4) is 0 Å². The summed E-state index contributed by atoms with van der Waals surface area (Å²) in [6.07, 6.45) is 2.23. The van der Waals surface area contributed by atoms with Crippen molar-refractivity contribution in [1.29, 1.82) is 0 Å². The quantitative estimate of drug-likeness (QED) is 0.640. The number of nitrogens with one attached hydrogen (secondary N) is 1. The molecule has 0 aliphatic heterocycles. The molecule has 1 heterocycles. The predicted octanol–water partition coefficient (Wildman–Crippen LogP) is 4.22. The average Bonchev–Trinajstić information content (AvgIpc) is 2.73. The Labute approximate surface area is 123 Å². The molecule has 102 valence electrons. The fourth-order valence-electron chi connectivity index (χ4n) is 2.18. The monoisotopic (exact) mass is 294 g/mol. The number of hydrogen-bond donors (Lipinski definition) is 2. The molecule has 0 saturated carbocycles. The van der Waals surface area contributed by atoms with E-state index in [1.54, 1.807) is 11.3 Å². The standard InChI is InChI=1S/C15H19ClN2S/c1-3-5-11-6-4-7-12(8-11)14(18-17)15-13(16)10(2)9-19-15/h4,6-9,14,18H,3,5,17H2,1-2H3. The first-order valence-corrected chi connectivity index (χ1v) is 7.71. The topological polar surface area (TPSA) is 38.0 Å². The Bertz CT molecular complexity index is 551. The Balaban J connectivity index is 2.36. The van der Waals surface area contributed by atoms with Gasteiger partial charge in [-0.05, 0) is 35.4 Å². The summed E-state index contributed by atoms with van der Waals surface area (Å²) in [5.74, 6) is 5.74. The van der Waals surface area contributed by atoms with E-state index in [1.165, 1.54) is 5.56 Å². The van der Waals surface area contributed by atoms with Gasteiger partial charge in [-0.3, -0.25) is 5.84 Å². The summed E-state index contributed by atoms with van der Waals surface area (Å²) in [5.41, 5.74) is 6.49. The molecule has 3 N–H and O–H groups in total. The summed E-state index contributed by atoms with van der Waals surface area (Å²) < 4.78 is 0. The van der Waals surface area contributed by atoms with Crippen molar-refractivity contribution in [2.75, 3.05) is 0 Å². The Morgan fingerprint density at radius 1 is 1.42 bits per heavy atom. The highest BCUT2D eigenvalue weighted by atomic mass is 35.5. The second-order valence-electron chi connectivity index (χ2n) is 4.69. The van der Waals surface area contributed by atoms with E-state index in [9.17, 15) is 0 Å². The number of thiophene rings is 1. The number of nitrogens with two attached hydrogens (primary N) is 1. The molecule has 0 saturated heterocycles. The van der Waals surface area contributed by atoms with Crippen LogP contribution in [0.4, 0.5) is 0 Å². The first kappa shape index (κ1) is 14.5. The Morgan fingerprint density at radius 2 is 2.21 bits per heavy atom. The fraction of sp³-hybridized carbons (Fsp3) is 0.333. The van der Waals surface area contributed by atoms with Gasteiger partial charge < -0.3 is 0 Å². The normalized spacial score (nSPS) is 12.6. The third-order valence-corrected chi connectivity index (χ3v) is 4.96. The number of hydrogen-bond acceptors (Lipinski definition) is 3. The van der Waals surface area contributed by atoms with Gasteiger partial charge in [0.05, 0.1) is 11.1 Å². The minimum atomic E-state index is -0.0389. The van der Waals surface area contributed by atoms with Crippen molar-refractivity contribution in [2.45, 2.75) is 32.7 Å². The molecular formula is C15H19ClN2S. The summed E-state index contributed by atoms with van der Waals surface area (Å²) in [5, 5.41) is 2.88. The van der Waals surface area contributed by atoms with Crippen molar-refractivity contribution in [3.63, 3.8) is 0 Å². The molecule has 1 unspecified atom stereocenters. The Morgan fingerprint density at radius 3 is 2.79 bits per heavy atom. The van der Waals surface area contributed by atoms with Gasteiger partial charge in [0, 0.05) is 4.88 Å². The zero-order valence-electron chi connectivity index (χ0n) is 11.2. The molecule has 1 atom stereocenters. The van der Waals surface area contributed by atoms with E-state index in [1.807, 2.05) is 6.92 Å². The molecule has 0 amide bonds. The number of rotatable bonds is 5. The molecule has 4 heteroatoms. The van der Waals surface area contributed by atoms with Crippen LogP contribution in [0.2, 0.25) is 5.02 Å². The predicted molar refractivity (Wildman–Crippen MR) is 83.7 cm³/mol. The molecule has 0 aliphatic carbocycles. The van der Waals surface area contributed by atoms with Crippen LogP contribution >= 0.6 is 22.9 Å². The van der Waals surface area contributed by atoms with Gasteiger partial charge in [0.15, 0.2) is 0 Å². The number of benzene rings is 1. The van der Waals surface area contributed by atoms with Crippen LogP contribution in [-0.4, -0.2) is 0 Å². The van der Waals surface area contributed by atoms with Gasteiger partial charge >= 0.3 is 0 Å². The van der Waals surface area contributed by atoms with E-state index in [0.717, 1.165) is 33.9 Å². The molecule has 19 heavy (non-hydrogen) atoms. The smallest absolute Gasteiger partial charge is 0.0817 e. The largest absolute Gasteiger partial charge is 0.271 e. The lowest BCUT2D eigenvalue weighted by molar-refractivity contribution is 0.645. The molecule has 0 spiro atoms. The van der Waals surface area contributed by atoms with Crippen LogP contribution in [0.3, 0.4) is 0 Å². The van der Waals surface area contributed by atoms with E-state index >= 15 is 0 Å². The summed E-state index contributed by atoms with van der Waals surface area (Å²) in [6, 6.07) is 8.50. The summed E-state index contributed by atoms with van der Waals surface area (Å²) in [6.45, 7) is 4.20. The minimum absolute atomic E-state index is 0.0389. The second kappa shape index (κ2) is 6.53. The van der Waals surface area contributed by atoms with Crippen LogP contribution in [-0.2, 0) is 6.42 Å². The van der Waals surface area contributed by atoms with Crippen LogP contribution in [0.15, 0.2) is 29.6 Å². The Kier molecular flexibility index (Phi) is 4.99. The molecular weight excluding hydrogens is 276 g/mol. The highest BCUT2D eigenvalue weighted by Gasteiger charge is 2.18. The van der Waals surface area contributed by atoms with Gasteiger partial charge in [-0.1, -0.05) is 49.2 Å². The summed E-state index contributed by atoms with van der Waals surface area (Å²) in [4.78, 5) is 1.08. The molecule has 2 nitrogen and oxygen atoms in total. The van der Waals surface area contributed by atoms with Crippen molar-refractivity contribution in [3.05, 3.63) is 56.2 Å². The van der Waals surface area contributed by atoms with Gasteiger partial charge in [-0.2, -0.15) is 0 Å². The lowest BCUT2D eigenvalue weighted by Gasteiger charge is -2.16. The zero-order valence-corrected chi connectivity index (χ0v) is 12.8. The maximum atomic E-state index is 6.35. The van der Waals surface area contributed by atoms with Crippen molar-refractivity contribution < 1.29 is 0 Å². The zero-order chi connectivity index (χ0) is 13.8. The summed E-state index contributed by atoms with van der Waals surface area (Å²) in [7, 11) is 0. The lowest BCUT2D eigenvalue weighted by Crippen LogP contribution is -2.28. The second-order valence-corrected chi connectivity index (χ2v) is 5.98. The third kappa shape index (κ3) is 3.18. The van der Waals surface area contributed by atoms with Gasteiger partial charge in [0.2, 0.25) is 0 Å². The first-order valence-electron chi connectivity index (χ1n) is 6.45. The van der Waals surface area contributed by atoms with Crippen molar-refractivity contribution in [2.24, 2.45) is 5.84 Å². The van der Waals surface area contributed by atoms with Crippen molar-refractivity contribution >= 4 is 22.9 Å². The van der Waals surface area contributed by atoms with Gasteiger partial charge in [0.25, 0.3) is 0 Å². The van der Waals surface area contributed by atoms with E-state index in [2.05, 4.69) is 42.0 Å². The molecule has 2 rings (SSSR count). The van der Waals surface area contributed by atoms with Crippen LogP contribution in [0, 0.1) is 6.92 Å². The molecule has 0 bridgehead atoms. The van der Waals surface area contributed by atoms with Gasteiger partial charge in [-0.15, -0.1) is 11.3 Å². The van der Waals surface area contributed by atoms with Gasteiger partial charge in [-0.25, -0.2) is 5.43 Å². The Hall–Kier alpha value is -0.870.